The molecule has 1 aliphatic carbocycles. The van der Waals surface area contributed by atoms with Gasteiger partial charge < -0.3 is 9.64 Å². The maximum absolute atomic E-state index is 13.7. The number of nitrogens with zero attached hydrogens (tertiary/aromatic N) is 4. The van der Waals surface area contributed by atoms with Crippen LogP contribution in [-0.2, 0) is 0 Å². The molecule has 3 fully saturated rings. The van der Waals surface area contributed by atoms with E-state index in [9.17, 15) is 4.79 Å². The Balaban J connectivity index is 1.43. The van der Waals surface area contributed by atoms with Crippen LogP contribution in [0.4, 0.5) is 0 Å². The highest BCUT2D eigenvalue weighted by atomic mass is 32.1. The predicted octanol–water partition coefficient (Wildman–Crippen LogP) is 4.29. The number of hydrogen-bond donors (Lipinski definition) is 0. The number of thiazole rings is 1. The van der Waals surface area contributed by atoms with Gasteiger partial charge in [-0.15, -0.1) is 11.3 Å². The molecule has 3 aliphatic rings. The summed E-state index contributed by atoms with van der Waals surface area (Å²) >= 11 is 1.50. The number of carbonyl (C=O) groups is 1. The molecule has 3 unspecified atom stereocenters. The van der Waals surface area contributed by atoms with Gasteiger partial charge in [0.15, 0.2) is 0 Å². The molecule has 3 aromatic rings. The van der Waals surface area contributed by atoms with E-state index in [2.05, 4.69) is 15.0 Å². The molecule has 6 nitrogen and oxygen atoms in total. The quantitative estimate of drug-likeness (QED) is 0.630. The minimum Gasteiger partial charge on any atom is -0.472 e. The van der Waals surface area contributed by atoms with Crippen molar-refractivity contribution in [2.75, 3.05) is 6.54 Å². The third-order valence-electron chi connectivity index (χ3n) is 6.04. The smallest absolute Gasteiger partial charge is 0.256 e. The number of ether oxygens (including phenoxy) is 1. The van der Waals surface area contributed by atoms with Gasteiger partial charge in [-0.2, -0.15) is 0 Å². The summed E-state index contributed by atoms with van der Waals surface area (Å²) in [6.07, 6.45) is 6.60. The first-order chi connectivity index (χ1) is 14.6. The van der Waals surface area contributed by atoms with Crippen LogP contribution in [0, 0.1) is 19.8 Å². The summed E-state index contributed by atoms with van der Waals surface area (Å²) in [5.74, 6) is 1.11. The zero-order chi connectivity index (χ0) is 20.7. The van der Waals surface area contributed by atoms with Gasteiger partial charge in [0.2, 0.25) is 5.88 Å². The predicted molar refractivity (Wildman–Crippen MR) is 116 cm³/mol. The lowest BCUT2D eigenvalue weighted by molar-refractivity contribution is -0.0313. The average Bonchev–Trinajstić information content (AvgIpc) is 3.30. The lowest BCUT2D eigenvalue weighted by Gasteiger charge is -2.49. The van der Waals surface area contributed by atoms with E-state index in [1.807, 2.05) is 54.6 Å². The Labute approximate surface area is 180 Å². The molecule has 5 heterocycles. The number of aryl methyl sites for hydroxylation is 2. The molecule has 3 atom stereocenters. The molecule has 1 amide bonds. The minimum atomic E-state index is -0.0293. The fourth-order valence-electron chi connectivity index (χ4n) is 4.56. The average molecular weight is 421 g/mol. The standard InChI is InChI=1S/C23H24N4O2S/c1-14-3-8-20(25-12-14)29-19-11-16-5-7-18(19)27(13-16)23(28)17-6-4-15(2)26-21(17)22-24-9-10-30-22/h3-4,6,8-10,12,16,18-19H,5,7,11,13H2,1-2H3. The molecule has 0 radical (unpaired) electrons. The van der Waals surface area contributed by atoms with E-state index >= 15 is 0 Å². The molecule has 1 saturated carbocycles. The Bertz CT molecular complexity index is 1050. The first kappa shape index (κ1) is 19.2. The molecule has 7 heteroatoms. The number of piperidine rings is 2. The van der Waals surface area contributed by atoms with Crippen molar-refractivity contribution >= 4 is 17.2 Å². The van der Waals surface area contributed by atoms with Crippen LogP contribution in [0.5, 0.6) is 5.88 Å². The summed E-state index contributed by atoms with van der Waals surface area (Å²) in [5, 5.41) is 2.69. The highest BCUT2D eigenvalue weighted by Gasteiger charge is 2.45. The van der Waals surface area contributed by atoms with Crippen molar-refractivity contribution in [1.82, 2.24) is 19.9 Å². The Morgan fingerprint density at radius 2 is 2.07 bits per heavy atom. The first-order valence-corrected chi connectivity index (χ1v) is 11.2. The van der Waals surface area contributed by atoms with Crippen molar-refractivity contribution in [1.29, 1.82) is 0 Å². The molecule has 30 heavy (non-hydrogen) atoms. The molecule has 6 rings (SSSR count). The van der Waals surface area contributed by atoms with Crippen LogP contribution >= 0.6 is 11.3 Å². The second-order valence-corrected chi connectivity index (χ2v) is 9.11. The monoisotopic (exact) mass is 420 g/mol. The topological polar surface area (TPSA) is 68.2 Å². The van der Waals surface area contributed by atoms with E-state index in [0.29, 0.717) is 23.1 Å². The van der Waals surface area contributed by atoms with Crippen LogP contribution in [0.25, 0.3) is 10.7 Å². The Morgan fingerprint density at radius 3 is 2.80 bits per heavy atom. The number of fused-ring (bicyclic) bond motifs is 3. The van der Waals surface area contributed by atoms with Crippen LogP contribution in [-0.4, -0.2) is 44.4 Å². The minimum absolute atomic E-state index is 0.0209. The summed E-state index contributed by atoms with van der Waals surface area (Å²) in [4.78, 5) is 29.1. The van der Waals surface area contributed by atoms with E-state index in [1.54, 1.807) is 6.20 Å². The van der Waals surface area contributed by atoms with Crippen molar-refractivity contribution in [3.8, 4) is 16.6 Å². The highest BCUT2D eigenvalue weighted by Crippen LogP contribution is 2.38. The van der Waals surface area contributed by atoms with Gasteiger partial charge in [-0.1, -0.05) is 6.07 Å². The molecular weight excluding hydrogens is 396 g/mol. The summed E-state index contributed by atoms with van der Waals surface area (Å²) in [6.45, 7) is 4.72. The normalized spacial score (nSPS) is 22.9. The maximum Gasteiger partial charge on any atom is 0.256 e. The van der Waals surface area contributed by atoms with E-state index < -0.39 is 0 Å². The molecular formula is C23H24N4O2S. The molecule has 0 aromatic carbocycles. The van der Waals surface area contributed by atoms with Gasteiger partial charge in [-0.3, -0.25) is 4.79 Å². The van der Waals surface area contributed by atoms with Crippen LogP contribution in [0.2, 0.25) is 0 Å². The van der Waals surface area contributed by atoms with E-state index in [0.717, 1.165) is 42.1 Å². The molecule has 3 aromatic heterocycles. The van der Waals surface area contributed by atoms with Gasteiger partial charge in [-0.05, 0) is 56.7 Å². The fourth-order valence-corrected chi connectivity index (χ4v) is 5.20. The summed E-state index contributed by atoms with van der Waals surface area (Å²) in [7, 11) is 0. The molecule has 2 aliphatic heterocycles. The van der Waals surface area contributed by atoms with Crippen molar-refractivity contribution in [2.45, 2.75) is 45.3 Å². The van der Waals surface area contributed by atoms with Gasteiger partial charge in [0.05, 0.1) is 11.6 Å². The number of rotatable bonds is 4. The van der Waals surface area contributed by atoms with Gasteiger partial charge in [0, 0.05) is 36.1 Å². The Morgan fingerprint density at radius 1 is 1.17 bits per heavy atom. The largest absolute Gasteiger partial charge is 0.472 e. The number of hydrogen-bond acceptors (Lipinski definition) is 6. The SMILES string of the molecule is Cc1ccc(OC2CC3CCC2N(C(=O)c2ccc(C)nc2-c2nccs2)C3)nc1. The van der Waals surface area contributed by atoms with Gasteiger partial charge in [0.1, 0.15) is 16.8 Å². The molecule has 154 valence electrons. The number of pyridine rings is 2. The first-order valence-electron chi connectivity index (χ1n) is 10.4. The lowest BCUT2D eigenvalue weighted by Crippen LogP contribution is -2.59. The van der Waals surface area contributed by atoms with Gasteiger partial charge in [-0.25, -0.2) is 15.0 Å². The summed E-state index contributed by atoms with van der Waals surface area (Å²) < 4.78 is 6.25. The van der Waals surface area contributed by atoms with Gasteiger partial charge in [0.25, 0.3) is 5.91 Å². The Hall–Kier alpha value is -2.80. The fraction of sp³-hybridized carbons (Fsp3) is 0.391. The van der Waals surface area contributed by atoms with Crippen LogP contribution < -0.4 is 4.74 Å². The third kappa shape index (κ3) is 3.58. The third-order valence-corrected chi connectivity index (χ3v) is 6.82. The van der Waals surface area contributed by atoms with E-state index in [4.69, 9.17) is 4.74 Å². The molecule has 2 bridgehead atoms. The number of amides is 1. The zero-order valence-corrected chi connectivity index (χ0v) is 17.9. The summed E-state index contributed by atoms with van der Waals surface area (Å²) in [6, 6.07) is 7.76. The molecule has 0 spiro atoms. The number of carbonyl (C=O) groups excluding carboxylic acids is 1. The van der Waals surface area contributed by atoms with E-state index in [1.165, 1.54) is 11.3 Å². The van der Waals surface area contributed by atoms with Crippen molar-refractivity contribution in [3.05, 3.63) is 58.9 Å². The molecule has 2 saturated heterocycles. The maximum atomic E-state index is 13.7. The highest BCUT2D eigenvalue weighted by molar-refractivity contribution is 7.13. The van der Waals surface area contributed by atoms with Crippen LogP contribution in [0.1, 0.15) is 40.9 Å². The van der Waals surface area contributed by atoms with Crippen LogP contribution in [0.15, 0.2) is 42.0 Å². The van der Waals surface area contributed by atoms with Crippen molar-refractivity contribution in [2.24, 2.45) is 5.92 Å². The number of aromatic nitrogens is 3. The van der Waals surface area contributed by atoms with Crippen LogP contribution in [0.3, 0.4) is 0 Å². The van der Waals surface area contributed by atoms with Crippen molar-refractivity contribution < 1.29 is 9.53 Å². The second kappa shape index (κ2) is 7.80. The van der Waals surface area contributed by atoms with Gasteiger partial charge >= 0.3 is 0 Å². The molecule has 0 N–H and O–H groups in total. The van der Waals surface area contributed by atoms with Crippen molar-refractivity contribution in [3.63, 3.8) is 0 Å². The van der Waals surface area contributed by atoms with E-state index in [-0.39, 0.29) is 18.1 Å². The Kier molecular flexibility index (Phi) is 4.98. The zero-order valence-electron chi connectivity index (χ0n) is 17.1. The lowest BCUT2D eigenvalue weighted by atomic mass is 9.77. The second-order valence-electron chi connectivity index (χ2n) is 8.22. The summed E-state index contributed by atoms with van der Waals surface area (Å²) in [5.41, 5.74) is 3.28.